The normalized spacial score (nSPS) is 11.4. The maximum absolute atomic E-state index is 11.8. The van der Waals surface area contributed by atoms with Crippen LogP contribution in [0.5, 0.6) is 5.75 Å². The van der Waals surface area contributed by atoms with Gasteiger partial charge in [-0.3, -0.25) is 9.89 Å². The number of thioether (sulfide) groups is 1. The van der Waals surface area contributed by atoms with Gasteiger partial charge in [0, 0.05) is 11.8 Å². The maximum Gasteiger partial charge on any atom is 0.266 e. The Kier molecular flexibility index (Phi) is 5.44. The Hall–Kier alpha value is -3.00. The Morgan fingerprint density at radius 2 is 2.10 bits per heavy atom. The Labute approximate surface area is 172 Å². The first-order valence-corrected chi connectivity index (χ1v) is 10.4. The fourth-order valence-electron chi connectivity index (χ4n) is 3.02. The van der Waals surface area contributed by atoms with E-state index >= 15 is 0 Å². The molecule has 1 aromatic carbocycles. The summed E-state index contributed by atoms with van der Waals surface area (Å²) in [5.41, 5.74) is 2.64. The molecule has 3 aromatic heterocycles. The molecule has 29 heavy (non-hydrogen) atoms. The largest absolute Gasteiger partial charge is 0.492 e. The molecule has 0 fully saturated rings. The molecule has 0 saturated heterocycles. The lowest BCUT2D eigenvalue weighted by molar-refractivity contribution is 0.338. The predicted octanol–water partition coefficient (Wildman–Crippen LogP) is 4.28. The van der Waals surface area contributed by atoms with Crippen LogP contribution in [0.25, 0.3) is 17.2 Å². The third-order valence-corrected chi connectivity index (χ3v) is 5.33. The van der Waals surface area contributed by atoms with Crippen LogP contribution in [0.3, 0.4) is 0 Å². The summed E-state index contributed by atoms with van der Waals surface area (Å²) in [6.45, 7) is 6.88. The quantitative estimate of drug-likeness (QED) is 0.362. The molecule has 0 atom stereocenters. The smallest absolute Gasteiger partial charge is 0.266 e. The van der Waals surface area contributed by atoms with E-state index in [9.17, 15) is 4.79 Å². The van der Waals surface area contributed by atoms with Crippen LogP contribution in [0.4, 0.5) is 0 Å². The van der Waals surface area contributed by atoms with E-state index in [-0.39, 0.29) is 5.56 Å². The molecule has 0 radical (unpaired) electrons. The Bertz CT molecular complexity index is 1180. The zero-order chi connectivity index (χ0) is 20.4. The molecule has 4 aromatic rings. The molecule has 0 amide bonds. The highest BCUT2D eigenvalue weighted by molar-refractivity contribution is 7.99. The van der Waals surface area contributed by atoms with Crippen molar-refractivity contribution >= 4 is 17.4 Å². The van der Waals surface area contributed by atoms with Crippen LogP contribution >= 0.6 is 11.8 Å². The highest BCUT2D eigenvalue weighted by Crippen LogP contribution is 2.28. The van der Waals surface area contributed by atoms with Crippen LogP contribution in [0.15, 0.2) is 57.0 Å². The van der Waals surface area contributed by atoms with Crippen molar-refractivity contribution < 1.29 is 9.15 Å². The molecule has 150 valence electrons. The van der Waals surface area contributed by atoms with Crippen LogP contribution in [0, 0.1) is 6.92 Å². The van der Waals surface area contributed by atoms with Gasteiger partial charge in [0.25, 0.3) is 5.56 Å². The van der Waals surface area contributed by atoms with E-state index in [2.05, 4.69) is 54.0 Å². The highest BCUT2D eigenvalue weighted by atomic mass is 32.2. The first-order valence-electron chi connectivity index (χ1n) is 9.41. The standard InChI is InChI=1S/C21H22N4O3S/c1-13(2)15-7-6-14(3)11-17(15)28-9-10-29-21-23-20(16-5-4-8-27-16)22-18-12-19(26)24-25(18)21/h4-8,11-13H,9-10H2,1-3H3,(H,24,26). The number of hydrogen-bond donors (Lipinski definition) is 1. The lowest BCUT2D eigenvalue weighted by Gasteiger charge is -2.15. The predicted molar refractivity (Wildman–Crippen MR) is 113 cm³/mol. The monoisotopic (exact) mass is 410 g/mol. The Morgan fingerprint density at radius 3 is 2.86 bits per heavy atom. The molecule has 1 N–H and O–H groups in total. The first-order chi connectivity index (χ1) is 14.0. The van der Waals surface area contributed by atoms with Crippen LogP contribution in [0.2, 0.25) is 0 Å². The minimum Gasteiger partial charge on any atom is -0.492 e. The van der Waals surface area contributed by atoms with Crippen LogP contribution in [-0.4, -0.2) is 31.9 Å². The third kappa shape index (κ3) is 4.22. The number of hydrogen-bond acceptors (Lipinski definition) is 6. The average Bonchev–Trinajstić information content (AvgIpc) is 3.33. The van der Waals surface area contributed by atoms with E-state index in [0.29, 0.717) is 40.7 Å². The molecule has 4 rings (SSSR count). The second-order valence-corrected chi connectivity index (χ2v) is 8.08. The summed E-state index contributed by atoms with van der Waals surface area (Å²) >= 11 is 1.49. The molecule has 0 unspecified atom stereocenters. The van der Waals surface area contributed by atoms with Gasteiger partial charge in [0.05, 0.1) is 12.9 Å². The number of fused-ring (bicyclic) bond motifs is 1. The van der Waals surface area contributed by atoms with Crippen LogP contribution < -0.4 is 10.3 Å². The second kappa shape index (κ2) is 8.16. The maximum atomic E-state index is 11.8. The van der Waals surface area contributed by atoms with Crippen molar-refractivity contribution in [2.45, 2.75) is 31.8 Å². The second-order valence-electron chi connectivity index (χ2n) is 7.01. The molecule has 0 saturated carbocycles. The van der Waals surface area contributed by atoms with E-state index < -0.39 is 0 Å². The number of nitrogens with zero attached hydrogens (tertiary/aromatic N) is 3. The fraction of sp³-hybridized carbons (Fsp3) is 0.286. The number of benzene rings is 1. The number of nitrogens with one attached hydrogen (secondary N) is 1. The molecule has 0 aliphatic rings. The summed E-state index contributed by atoms with van der Waals surface area (Å²) in [6.07, 6.45) is 1.57. The fourth-order valence-corrected chi connectivity index (χ4v) is 3.79. The lowest BCUT2D eigenvalue weighted by atomic mass is 10.0. The zero-order valence-electron chi connectivity index (χ0n) is 16.5. The highest BCUT2D eigenvalue weighted by Gasteiger charge is 2.13. The number of furan rings is 1. The minimum absolute atomic E-state index is 0.227. The van der Waals surface area contributed by atoms with E-state index in [1.807, 2.05) is 0 Å². The number of ether oxygens (including phenoxy) is 1. The summed E-state index contributed by atoms with van der Waals surface area (Å²) in [7, 11) is 0. The SMILES string of the molecule is Cc1ccc(C(C)C)c(OCCSc2nc(-c3ccco3)nc3cc(=O)[nH]n23)c1. The van der Waals surface area contributed by atoms with Crippen molar-refractivity contribution in [3.8, 4) is 17.3 Å². The van der Waals surface area contributed by atoms with Crippen molar-refractivity contribution in [3.05, 3.63) is 64.1 Å². The topological polar surface area (TPSA) is 85.4 Å². The van der Waals surface area contributed by atoms with Crippen molar-refractivity contribution in [3.63, 3.8) is 0 Å². The summed E-state index contributed by atoms with van der Waals surface area (Å²) in [5.74, 6) is 2.97. The molecule has 8 heteroatoms. The van der Waals surface area contributed by atoms with Gasteiger partial charge in [-0.1, -0.05) is 37.7 Å². The van der Waals surface area contributed by atoms with Crippen molar-refractivity contribution in [2.24, 2.45) is 0 Å². The number of aromatic amines is 1. The van der Waals surface area contributed by atoms with Gasteiger partial charge >= 0.3 is 0 Å². The van der Waals surface area contributed by atoms with Crippen LogP contribution in [-0.2, 0) is 0 Å². The molecular formula is C21H22N4O3S. The van der Waals surface area contributed by atoms with E-state index in [4.69, 9.17) is 9.15 Å². The van der Waals surface area contributed by atoms with Gasteiger partial charge in [-0.25, -0.2) is 9.50 Å². The first kappa shape index (κ1) is 19.3. The van der Waals surface area contributed by atoms with Crippen molar-refractivity contribution in [2.75, 3.05) is 12.4 Å². The van der Waals surface area contributed by atoms with Gasteiger partial charge in [-0.15, -0.1) is 0 Å². The number of aromatic nitrogens is 4. The Morgan fingerprint density at radius 1 is 1.24 bits per heavy atom. The van der Waals surface area contributed by atoms with Crippen molar-refractivity contribution in [1.82, 2.24) is 19.6 Å². The van der Waals surface area contributed by atoms with E-state index in [0.717, 1.165) is 5.75 Å². The average molecular weight is 410 g/mol. The molecular weight excluding hydrogens is 388 g/mol. The van der Waals surface area contributed by atoms with Gasteiger partial charge in [0.2, 0.25) is 0 Å². The summed E-state index contributed by atoms with van der Waals surface area (Å²) < 4.78 is 13.0. The summed E-state index contributed by atoms with van der Waals surface area (Å²) in [5, 5.41) is 3.36. The van der Waals surface area contributed by atoms with E-state index in [1.165, 1.54) is 29.0 Å². The minimum atomic E-state index is -0.227. The van der Waals surface area contributed by atoms with Gasteiger partial charge in [0.15, 0.2) is 22.4 Å². The molecule has 0 spiro atoms. The Balaban J connectivity index is 1.52. The zero-order valence-corrected chi connectivity index (χ0v) is 17.3. The molecule has 0 aliphatic heterocycles. The molecule has 0 aliphatic carbocycles. The molecule has 7 nitrogen and oxygen atoms in total. The van der Waals surface area contributed by atoms with Crippen molar-refractivity contribution in [1.29, 1.82) is 0 Å². The summed E-state index contributed by atoms with van der Waals surface area (Å²) in [6, 6.07) is 11.3. The number of H-pyrrole nitrogens is 1. The molecule has 0 bridgehead atoms. The van der Waals surface area contributed by atoms with Gasteiger partial charge < -0.3 is 9.15 Å². The third-order valence-electron chi connectivity index (χ3n) is 4.43. The lowest BCUT2D eigenvalue weighted by Crippen LogP contribution is -2.07. The van der Waals surface area contributed by atoms with Gasteiger partial charge in [0.1, 0.15) is 5.75 Å². The molecule has 3 heterocycles. The van der Waals surface area contributed by atoms with Crippen LogP contribution in [0.1, 0.15) is 30.9 Å². The van der Waals surface area contributed by atoms with Gasteiger partial charge in [-0.2, -0.15) is 4.98 Å². The number of rotatable bonds is 7. The summed E-state index contributed by atoms with van der Waals surface area (Å²) in [4.78, 5) is 20.7. The van der Waals surface area contributed by atoms with E-state index in [1.54, 1.807) is 22.9 Å². The van der Waals surface area contributed by atoms with Gasteiger partial charge in [-0.05, 0) is 42.2 Å². The number of aryl methyl sites for hydroxylation is 1.